The zero-order chi connectivity index (χ0) is 20.1. The van der Waals surface area contributed by atoms with Gasteiger partial charge in [-0.05, 0) is 0 Å². The number of aliphatic hydroxyl groups excluding tert-OH is 6. The topological polar surface area (TPSA) is 190 Å². The van der Waals surface area contributed by atoms with Gasteiger partial charge in [-0.25, -0.2) is 0 Å². The van der Waals surface area contributed by atoms with Crippen molar-refractivity contribution in [2.45, 2.75) is 51.7 Å². The first kappa shape index (κ1) is 22.7. The first-order valence-corrected chi connectivity index (χ1v) is 8.41. The molecule has 2 heterocycles. The predicted octanol–water partition coefficient (Wildman–Crippen LogP) is -3.70. The number of rotatable bonds is 5. The molecule has 8 N–H and O–H groups in total. The van der Waals surface area contributed by atoms with Crippen LogP contribution in [-0.2, 0) is 14.2 Å². The number of ether oxygens (including phenoxy) is 3. The number of alkyl halides is 3. The SMILES string of the molecule is OC[C@H]1OC(CO)(O[C@]2(Cl)O[C@H](CO)[C@@H](O)[C@@](O)(Cl)[C@]2(O)Cl)[C@@H](O)[C@@H]1O. The summed E-state index contributed by atoms with van der Waals surface area (Å²) in [6, 6.07) is 0. The third-order valence-electron chi connectivity index (χ3n) is 4.30. The number of halogens is 3. The maximum absolute atomic E-state index is 10.4. The quantitative estimate of drug-likeness (QED) is 0.194. The van der Waals surface area contributed by atoms with Crippen molar-refractivity contribution in [1.29, 1.82) is 0 Å². The molecular weight excluding hydrogens is 426 g/mol. The molecule has 0 aliphatic carbocycles. The molecule has 2 aliphatic rings. The van der Waals surface area contributed by atoms with Crippen LogP contribution in [0.25, 0.3) is 0 Å². The lowest BCUT2D eigenvalue weighted by Crippen LogP contribution is -2.75. The Kier molecular flexibility index (Phi) is 6.42. The van der Waals surface area contributed by atoms with Crippen molar-refractivity contribution in [1.82, 2.24) is 0 Å². The Balaban J connectivity index is 2.44. The van der Waals surface area contributed by atoms with Gasteiger partial charge in [-0.15, -0.1) is 0 Å². The Morgan fingerprint density at radius 3 is 1.81 bits per heavy atom. The minimum Gasteiger partial charge on any atom is -0.394 e. The maximum atomic E-state index is 10.4. The van der Waals surface area contributed by atoms with Crippen molar-refractivity contribution >= 4 is 34.8 Å². The van der Waals surface area contributed by atoms with Crippen LogP contribution in [-0.4, -0.2) is 112 Å². The second-order valence-corrected chi connectivity index (χ2v) is 7.58. The highest BCUT2D eigenvalue weighted by Crippen LogP contribution is 2.54. The van der Waals surface area contributed by atoms with Crippen LogP contribution in [0, 0.1) is 0 Å². The van der Waals surface area contributed by atoms with Gasteiger partial charge in [0.1, 0.15) is 37.1 Å². The van der Waals surface area contributed by atoms with Crippen molar-refractivity contribution in [2.24, 2.45) is 0 Å². The molecule has 0 aromatic rings. The smallest absolute Gasteiger partial charge is 0.300 e. The molecule has 14 heteroatoms. The van der Waals surface area contributed by atoms with E-state index in [1.807, 2.05) is 0 Å². The molecule has 2 rings (SSSR count). The summed E-state index contributed by atoms with van der Waals surface area (Å²) in [5.74, 6) is -2.58. The lowest BCUT2D eigenvalue weighted by Gasteiger charge is -2.54. The van der Waals surface area contributed by atoms with Crippen LogP contribution in [0.1, 0.15) is 0 Å². The highest BCUT2D eigenvalue weighted by molar-refractivity contribution is 6.38. The second-order valence-electron chi connectivity index (χ2n) is 5.96. The molecule has 0 saturated carbocycles. The molecule has 0 bridgehead atoms. The van der Waals surface area contributed by atoms with Gasteiger partial charge < -0.3 is 50.3 Å². The van der Waals surface area contributed by atoms with E-state index in [1.54, 1.807) is 0 Å². The molecule has 2 fully saturated rings. The van der Waals surface area contributed by atoms with E-state index in [4.69, 9.17) is 54.1 Å². The van der Waals surface area contributed by atoms with E-state index in [0.29, 0.717) is 0 Å². The van der Waals surface area contributed by atoms with Gasteiger partial charge in [0.25, 0.3) is 5.06 Å². The van der Waals surface area contributed by atoms with E-state index in [1.165, 1.54) is 0 Å². The lowest BCUT2D eigenvalue weighted by atomic mass is 9.97. The molecule has 26 heavy (non-hydrogen) atoms. The largest absolute Gasteiger partial charge is 0.394 e. The lowest BCUT2D eigenvalue weighted by molar-refractivity contribution is -0.416. The van der Waals surface area contributed by atoms with Crippen molar-refractivity contribution in [2.75, 3.05) is 19.8 Å². The molecular formula is C12H19Cl3O11. The summed E-state index contributed by atoms with van der Waals surface area (Å²) in [4.78, 5) is 0. The van der Waals surface area contributed by atoms with Gasteiger partial charge in [0.05, 0.1) is 13.2 Å². The first-order chi connectivity index (χ1) is 11.8. The third kappa shape index (κ3) is 3.13. The van der Waals surface area contributed by atoms with E-state index in [0.717, 1.165) is 0 Å². The van der Waals surface area contributed by atoms with Crippen molar-refractivity contribution in [3.05, 3.63) is 0 Å². The zero-order valence-corrected chi connectivity index (χ0v) is 15.2. The number of hydrogen-bond donors (Lipinski definition) is 8. The van der Waals surface area contributed by atoms with E-state index < -0.39 is 71.5 Å². The molecule has 11 nitrogen and oxygen atoms in total. The summed E-state index contributed by atoms with van der Waals surface area (Å²) >= 11 is 17.4. The highest BCUT2D eigenvalue weighted by atomic mass is 35.5. The normalized spacial score (nSPS) is 55.3. The van der Waals surface area contributed by atoms with Gasteiger partial charge in [0, 0.05) is 0 Å². The second kappa shape index (κ2) is 7.35. The summed E-state index contributed by atoms with van der Waals surface area (Å²) < 4.78 is 15.2. The molecule has 0 spiro atoms. The Bertz CT molecular complexity index is 523. The Hall–Kier alpha value is 0.430. The average molecular weight is 446 g/mol. The van der Waals surface area contributed by atoms with Crippen LogP contribution < -0.4 is 0 Å². The minimum atomic E-state index is -3.32. The fourth-order valence-electron chi connectivity index (χ4n) is 2.69. The molecule has 0 aromatic heterocycles. The van der Waals surface area contributed by atoms with Crippen LogP contribution in [0.15, 0.2) is 0 Å². The summed E-state index contributed by atoms with van der Waals surface area (Å²) in [6.07, 6.45) is -9.03. The van der Waals surface area contributed by atoms with E-state index in [9.17, 15) is 35.7 Å². The van der Waals surface area contributed by atoms with Crippen LogP contribution in [0.2, 0.25) is 0 Å². The first-order valence-electron chi connectivity index (χ1n) is 7.27. The average Bonchev–Trinajstić information content (AvgIpc) is 2.82. The predicted molar refractivity (Wildman–Crippen MR) is 83.0 cm³/mol. The minimum absolute atomic E-state index is 0.790. The maximum Gasteiger partial charge on any atom is 0.300 e. The van der Waals surface area contributed by atoms with Crippen LogP contribution in [0.3, 0.4) is 0 Å². The highest BCUT2D eigenvalue weighted by Gasteiger charge is 2.74. The molecule has 0 radical (unpaired) electrons. The molecule has 0 amide bonds. The Morgan fingerprint density at radius 1 is 0.846 bits per heavy atom. The van der Waals surface area contributed by atoms with Gasteiger partial charge in [-0.1, -0.05) is 34.8 Å². The fourth-order valence-corrected chi connectivity index (χ4v) is 3.59. The van der Waals surface area contributed by atoms with Gasteiger partial charge in [-0.2, -0.15) is 0 Å². The zero-order valence-electron chi connectivity index (χ0n) is 12.9. The number of aliphatic hydroxyl groups is 8. The summed E-state index contributed by atoms with van der Waals surface area (Å²) in [5, 5.41) is 68.9. The summed E-state index contributed by atoms with van der Waals surface area (Å²) in [7, 11) is 0. The van der Waals surface area contributed by atoms with Crippen LogP contribution in [0.5, 0.6) is 0 Å². The van der Waals surface area contributed by atoms with E-state index >= 15 is 0 Å². The molecule has 9 atom stereocenters. The van der Waals surface area contributed by atoms with Gasteiger partial charge in [-0.3, -0.25) is 4.74 Å². The van der Waals surface area contributed by atoms with E-state index in [2.05, 4.69) is 0 Å². The van der Waals surface area contributed by atoms with E-state index in [-0.39, 0.29) is 0 Å². The Morgan fingerprint density at radius 2 is 1.38 bits per heavy atom. The molecule has 2 saturated heterocycles. The van der Waals surface area contributed by atoms with Gasteiger partial charge in [0.15, 0.2) is 0 Å². The fraction of sp³-hybridized carbons (Fsp3) is 1.00. The van der Waals surface area contributed by atoms with Gasteiger partial charge in [0.2, 0.25) is 10.8 Å². The summed E-state index contributed by atoms with van der Waals surface area (Å²) in [5.41, 5.74) is 0. The third-order valence-corrected chi connectivity index (χ3v) is 5.96. The standard InChI is InChI=1S/C12H19Cl3O11/c13-10(22)7(20)5(2-17)25-12(15,11(10,14)23)26-9(3-18)8(21)6(19)4(1-16)24-9/h4-8,16-23H,1-3H2/t4-,5-,6-,7-,8+,9?,10+,11-,12-/m1/s1. The number of hydrogen-bond acceptors (Lipinski definition) is 11. The molecule has 1 unspecified atom stereocenters. The van der Waals surface area contributed by atoms with Crippen molar-refractivity contribution in [3.63, 3.8) is 0 Å². The molecule has 0 aromatic carbocycles. The van der Waals surface area contributed by atoms with Crippen molar-refractivity contribution in [3.8, 4) is 0 Å². The Labute approximate surface area is 161 Å². The molecule has 2 aliphatic heterocycles. The van der Waals surface area contributed by atoms with Crippen molar-refractivity contribution < 1.29 is 55.1 Å². The summed E-state index contributed by atoms with van der Waals surface area (Å²) in [6.45, 7) is -2.93. The monoisotopic (exact) mass is 444 g/mol. The van der Waals surface area contributed by atoms with Crippen LogP contribution in [0.4, 0.5) is 0 Å². The molecule has 154 valence electrons. The van der Waals surface area contributed by atoms with Crippen LogP contribution >= 0.6 is 34.8 Å². The van der Waals surface area contributed by atoms with Gasteiger partial charge >= 0.3 is 5.25 Å².